The van der Waals surface area contributed by atoms with E-state index >= 15 is 0 Å². The number of furan rings is 1. The Morgan fingerprint density at radius 1 is 1.29 bits per heavy atom. The third-order valence-electron chi connectivity index (χ3n) is 3.12. The first-order chi connectivity index (χ1) is 10.2. The average Bonchev–Trinajstić information content (AvgIpc) is 3.04. The highest BCUT2D eigenvalue weighted by atomic mass is 16.4. The number of benzene rings is 1. The van der Waals surface area contributed by atoms with Gasteiger partial charge in [0.25, 0.3) is 0 Å². The topological polar surface area (TPSA) is 101 Å². The first-order valence-corrected chi connectivity index (χ1v) is 6.51. The summed E-state index contributed by atoms with van der Waals surface area (Å²) < 4.78 is 4.93. The molecule has 1 heterocycles. The summed E-state index contributed by atoms with van der Waals surface area (Å²) in [6.45, 7) is 0.333. The van der Waals surface area contributed by atoms with Crippen molar-refractivity contribution in [3.05, 3.63) is 60.1 Å². The number of hydrogen-bond donors (Lipinski definition) is 3. The molecule has 0 bridgehead atoms. The molecule has 0 radical (unpaired) electrons. The lowest BCUT2D eigenvalue weighted by atomic mass is 9.97. The molecule has 1 aromatic heterocycles. The number of carbonyl (C=O) groups excluding carboxylic acids is 1. The largest absolute Gasteiger partial charge is 0.472 e. The number of nitrogens with zero attached hydrogens (tertiary/aromatic N) is 1. The predicted octanol–water partition coefficient (Wildman–Crippen LogP) is 1.50. The van der Waals surface area contributed by atoms with Crippen molar-refractivity contribution < 1.29 is 14.4 Å². The minimum absolute atomic E-state index is 0.108. The normalized spacial score (nSPS) is 12.9. The fraction of sp³-hybridized carbons (Fsp3) is 0.200. The van der Waals surface area contributed by atoms with Gasteiger partial charge in [0, 0.05) is 12.1 Å². The van der Waals surface area contributed by atoms with Crippen molar-refractivity contribution in [3.8, 4) is 0 Å². The van der Waals surface area contributed by atoms with Gasteiger partial charge in [-0.3, -0.25) is 4.79 Å². The molecule has 0 spiro atoms. The molecule has 1 amide bonds. The van der Waals surface area contributed by atoms with Gasteiger partial charge in [-0.2, -0.15) is 0 Å². The molecule has 4 N–H and O–H groups in total. The number of nitrogens with one attached hydrogen (secondary N) is 1. The lowest BCUT2D eigenvalue weighted by molar-refractivity contribution is -0.123. The van der Waals surface area contributed by atoms with Gasteiger partial charge < -0.3 is 20.7 Å². The maximum absolute atomic E-state index is 12.2. The zero-order valence-electron chi connectivity index (χ0n) is 11.4. The monoisotopic (exact) mass is 287 g/mol. The van der Waals surface area contributed by atoms with E-state index in [4.69, 9.17) is 15.4 Å². The van der Waals surface area contributed by atoms with Crippen LogP contribution in [0.1, 0.15) is 11.1 Å². The summed E-state index contributed by atoms with van der Waals surface area (Å²) in [6.07, 6.45) is 3.45. The highest BCUT2D eigenvalue weighted by Gasteiger charge is 2.23. The van der Waals surface area contributed by atoms with Gasteiger partial charge in [0.2, 0.25) is 5.91 Å². The molecule has 21 heavy (non-hydrogen) atoms. The lowest BCUT2D eigenvalue weighted by Gasteiger charge is -2.15. The molecule has 0 saturated carbocycles. The van der Waals surface area contributed by atoms with Gasteiger partial charge in [0.05, 0.1) is 12.5 Å². The smallest absolute Gasteiger partial charge is 0.231 e. The van der Waals surface area contributed by atoms with E-state index < -0.39 is 5.92 Å². The first-order valence-electron chi connectivity index (χ1n) is 6.51. The van der Waals surface area contributed by atoms with E-state index in [1.807, 2.05) is 30.3 Å². The summed E-state index contributed by atoms with van der Waals surface area (Å²) in [5, 5.41) is 14.6. The highest BCUT2D eigenvalue weighted by Crippen LogP contribution is 2.10. The van der Waals surface area contributed by atoms with Gasteiger partial charge in [0.1, 0.15) is 5.92 Å². The molecule has 0 fully saturated rings. The molecule has 6 heteroatoms. The van der Waals surface area contributed by atoms with Crippen LogP contribution in [0.15, 0.2) is 58.5 Å². The Morgan fingerprint density at radius 3 is 2.67 bits per heavy atom. The number of oxime groups is 1. The SMILES string of the molecule is N/C(=N/O)C(Cc1ccccc1)C(=O)NCc1ccoc1. The van der Waals surface area contributed by atoms with Crippen LogP contribution in [0.4, 0.5) is 0 Å². The number of amidine groups is 1. The summed E-state index contributed by atoms with van der Waals surface area (Å²) in [6, 6.07) is 11.2. The van der Waals surface area contributed by atoms with Gasteiger partial charge in [-0.1, -0.05) is 35.5 Å². The Morgan fingerprint density at radius 2 is 2.05 bits per heavy atom. The van der Waals surface area contributed by atoms with Crippen molar-refractivity contribution in [3.63, 3.8) is 0 Å². The van der Waals surface area contributed by atoms with E-state index in [1.54, 1.807) is 12.3 Å². The van der Waals surface area contributed by atoms with Gasteiger partial charge >= 0.3 is 0 Å². The van der Waals surface area contributed by atoms with Crippen LogP contribution >= 0.6 is 0 Å². The molecule has 1 atom stereocenters. The number of hydrogen-bond acceptors (Lipinski definition) is 4. The zero-order chi connectivity index (χ0) is 15.1. The fourth-order valence-corrected chi connectivity index (χ4v) is 1.96. The van der Waals surface area contributed by atoms with Gasteiger partial charge in [-0.15, -0.1) is 0 Å². The molecule has 0 aliphatic rings. The molecule has 2 rings (SSSR count). The zero-order valence-corrected chi connectivity index (χ0v) is 11.4. The van der Waals surface area contributed by atoms with Crippen LogP contribution in [-0.2, 0) is 17.8 Å². The molecule has 6 nitrogen and oxygen atoms in total. The predicted molar refractivity (Wildman–Crippen MR) is 77.6 cm³/mol. The molecule has 2 aromatic rings. The standard InChI is InChI=1S/C15H17N3O3/c16-14(18-20)13(8-11-4-2-1-3-5-11)15(19)17-9-12-6-7-21-10-12/h1-7,10,13,20H,8-9H2,(H2,16,18)(H,17,19). The fourth-order valence-electron chi connectivity index (χ4n) is 1.96. The maximum Gasteiger partial charge on any atom is 0.231 e. The molecule has 0 aliphatic heterocycles. The van der Waals surface area contributed by atoms with Crippen LogP contribution in [-0.4, -0.2) is 17.0 Å². The second-order valence-electron chi connectivity index (χ2n) is 4.62. The second kappa shape index (κ2) is 7.14. The van der Waals surface area contributed by atoms with E-state index in [1.165, 1.54) is 6.26 Å². The number of amides is 1. The van der Waals surface area contributed by atoms with Crippen molar-refractivity contribution in [2.24, 2.45) is 16.8 Å². The van der Waals surface area contributed by atoms with E-state index in [-0.39, 0.29) is 11.7 Å². The minimum Gasteiger partial charge on any atom is -0.472 e. The summed E-state index contributed by atoms with van der Waals surface area (Å²) in [5.41, 5.74) is 7.42. The van der Waals surface area contributed by atoms with E-state index in [0.717, 1.165) is 11.1 Å². The Hall–Kier alpha value is -2.76. The average molecular weight is 287 g/mol. The molecule has 110 valence electrons. The van der Waals surface area contributed by atoms with Gasteiger partial charge in [-0.05, 0) is 18.1 Å². The Balaban J connectivity index is 2.03. The van der Waals surface area contributed by atoms with Crippen molar-refractivity contribution in [2.75, 3.05) is 0 Å². The second-order valence-corrected chi connectivity index (χ2v) is 4.62. The minimum atomic E-state index is -0.718. The highest BCUT2D eigenvalue weighted by molar-refractivity contribution is 6.02. The van der Waals surface area contributed by atoms with Crippen molar-refractivity contribution >= 4 is 11.7 Å². The van der Waals surface area contributed by atoms with Crippen LogP contribution in [0.25, 0.3) is 0 Å². The number of nitrogens with two attached hydrogens (primary N) is 1. The van der Waals surface area contributed by atoms with Gasteiger partial charge in [0.15, 0.2) is 5.84 Å². The Bertz CT molecular complexity index is 594. The third-order valence-corrected chi connectivity index (χ3v) is 3.12. The molecule has 1 aromatic carbocycles. The van der Waals surface area contributed by atoms with Crippen LogP contribution in [0.5, 0.6) is 0 Å². The van der Waals surface area contributed by atoms with E-state index in [0.29, 0.717) is 13.0 Å². The van der Waals surface area contributed by atoms with Crippen LogP contribution < -0.4 is 11.1 Å². The van der Waals surface area contributed by atoms with Crippen LogP contribution in [0.3, 0.4) is 0 Å². The summed E-state index contributed by atoms with van der Waals surface area (Å²) in [7, 11) is 0. The molecule has 0 aliphatic carbocycles. The quantitative estimate of drug-likeness (QED) is 0.324. The Kier molecular flexibility index (Phi) is 4.98. The van der Waals surface area contributed by atoms with Crippen LogP contribution in [0, 0.1) is 5.92 Å². The first kappa shape index (κ1) is 14.6. The summed E-state index contributed by atoms with van der Waals surface area (Å²) >= 11 is 0. The van der Waals surface area contributed by atoms with Crippen molar-refractivity contribution in [1.82, 2.24) is 5.32 Å². The van der Waals surface area contributed by atoms with Crippen LogP contribution in [0.2, 0.25) is 0 Å². The Labute approximate surface area is 122 Å². The van der Waals surface area contributed by atoms with Gasteiger partial charge in [-0.25, -0.2) is 0 Å². The number of carbonyl (C=O) groups is 1. The molecular weight excluding hydrogens is 270 g/mol. The maximum atomic E-state index is 12.2. The summed E-state index contributed by atoms with van der Waals surface area (Å²) in [5.74, 6) is -1.12. The third kappa shape index (κ3) is 4.10. The van der Waals surface area contributed by atoms with Crippen molar-refractivity contribution in [1.29, 1.82) is 0 Å². The molecular formula is C15H17N3O3. The molecule has 1 unspecified atom stereocenters. The van der Waals surface area contributed by atoms with E-state index in [2.05, 4.69) is 10.5 Å². The van der Waals surface area contributed by atoms with E-state index in [9.17, 15) is 4.79 Å². The molecule has 0 saturated heterocycles. The number of rotatable bonds is 6. The summed E-state index contributed by atoms with van der Waals surface area (Å²) in [4.78, 5) is 12.2. The van der Waals surface area contributed by atoms with Crippen molar-refractivity contribution in [2.45, 2.75) is 13.0 Å². The lowest BCUT2D eigenvalue weighted by Crippen LogP contribution is -2.39.